The molecule has 1 atom stereocenters. The number of morpholine rings is 1. The summed E-state index contributed by atoms with van der Waals surface area (Å²) in [6, 6.07) is 0. The summed E-state index contributed by atoms with van der Waals surface area (Å²) >= 11 is 0. The summed E-state index contributed by atoms with van der Waals surface area (Å²) in [6.07, 6.45) is 0.869. The van der Waals surface area contributed by atoms with Gasteiger partial charge in [-0.3, -0.25) is 4.79 Å². The smallest absolute Gasteiger partial charge is 0.237 e. The summed E-state index contributed by atoms with van der Waals surface area (Å²) < 4.78 is 27.1. The number of hydrogen-bond donors (Lipinski definition) is 1. The van der Waals surface area contributed by atoms with Gasteiger partial charge >= 0.3 is 0 Å². The van der Waals surface area contributed by atoms with Crippen molar-refractivity contribution in [2.24, 2.45) is 5.73 Å². The fourth-order valence-electron chi connectivity index (χ4n) is 1.40. The maximum absolute atomic E-state index is 11.5. The molecular formula is C8H16N2O4S. The molecule has 1 rings (SSSR count). The molecule has 0 saturated carbocycles. The topological polar surface area (TPSA) is 89.7 Å². The Morgan fingerprint density at radius 1 is 1.60 bits per heavy atom. The molecule has 0 aromatic heterocycles. The van der Waals surface area contributed by atoms with E-state index in [-0.39, 0.29) is 12.0 Å². The van der Waals surface area contributed by atoms with E-state index in [1.165, 1.54) is 4.90 Å². The van der Waals surface area contributed by atoms with Crippen molar-refractivity contribution in [3.63, 3.8) is 0 Å². The minimum absolute atomic E-state index is 0.178. The van der Waals surface area contributed by atoms with Crippen molar-refractivity contribution < 1.29 is 17.9 Å². The fourth-order valence-corrected chi connectivity index (χ4v) is 2.04. The van der Waals surface area contributed by atoms with Gasteiger partial charge in [0.05, 0.1) is 12.7 Å². The van der Waals surface area contributed by atoms with E-state index < -0.39 is 15.6 Å². The van der Waals surface area contributed by atoms with Crippen LogP contribution < -0.4 is 5.73 Å². The second-order valence-electron chi connectivity index (χ2n) is 3.64. The number of hydrogen-bond acceptors (Lipinski definition) is 5. The van der Waals surface area contributed by atoms with E-state index in [1.807, 2.05) is 0 Å². The zero-order valence-corrected chi connectivity index (χ0v) is 9.50. The molecule has 0 aromatic rings. The van der Waals surface area contributed by atoms with E-state index >= 15 is 0 Å². The van der Waals surface area contributed by atoms with Crippen LogP contribution in [0.4, 0.5) is 0 Å². The van der Waals surface area contributed by atoms with Gasteiger partial charge in [0.2, 0.25) is 5.91 Å². The van der Waals surface area contributed by atoms with Crippen LogP contribution in [-0.2, 0) is 19.4 Å². The summed E-state index contributed by atoms with van der Waals surface area (Å²) in [4.78, 5) is 13.0. The van der Waals surface area contributed by atoms with Gasteiger partial charge in [-0.15, -0.1) is 0 Å². The molecule has 88 valence electrons. The number of sulfone groups is 1. The Balaban J connectivity index is 2.53. The van der Waals surface area contributed by atoms with Crippen LogP contribution in [0.25, 0.3) is 0 Å². The average molecular weight is 236 g/mol. The lowest BCUT2D eigenvalue weighted by Crippen LogP contribution is -2.49. The molecule has 1 fully saturated rings. The van der Waals surface area contributed by atoms with Crippen molar-refractivity contribution in [3.8, 4) is 0 Å². The molecule has 0 spiro atoms. The minimum Gasteiger partial charge on any atom is -0.373 e. The monoisotopic (exact) mass is 236 g/mol. The van der Waals surface area contributed by atoms with Gasteiger partial charge in [0, 0.05) is 25.9 Å². The number of rotatable bonds is 3. The Hall–Kier alpha value is -0.660. The largest absolute Gasteiger partial charge is 0.373 e. The highest BCUT2D eigenvalue weighted by Gasteiger charge is 2.25. The predicted molar refractivity (Wildman–Crippen MR) is 55.1 cm³/mol. The standard InChI is InChI=1S/C8H16N2O4S/c1-15(12,13)6-8(11)10-2-3-14-7(4-9)5-10/h7H,2-6,9H2,1H3. The minimum atomic E-state index is -3.26. The van der Waals surface area contributed by atoms with Crippen molar-refractivity contribution in [2.75, 3.05) is 38.2 Å². The molecule has 1 amide bonds. The number of ether oxygens (including phenoxy) is 1. The number of nitrogens with two attached hydrogens (primary N) is 1. The third-order valence-electron chi connectivity index (χ3n) is 2.14. The maximum Gasteiger partial charge on any atom is 0.237 e. The van der Waals surface area contributed by atoms with Crippen LogP contribution in [0.2, 0.25) is 0 Å². The summed E-state index contributed by atoms with van der Waals surface area (Å²) in [6.45, 7) is 1.57. The first kappa shape index (κ1) is 12.4. The molecule has 1 saturated heterocycles. The Morgan fingerprint density at radius 3 is 2.80 bits per heavy atom. The zero-order chi connectivity index (χ0) is 11.5. The van der Waals surface area contributed by atoms with Crippen molar-refractivity contribution in [2.45, 2.75) is 6.10 Å². The van der Waals surface area contributed by atoms with Gasteiger partial charge in [0.15, 0.2) is 9.84 Å². The van der Waals surface area contributed by atoms with Crippen LogP contribution in [0, 0.1) is 0 Å². The van der Waals surface area contributed by atoms with E-state index in [1.54, 1.807) is 0 Å². The van der Waals surface area contributed by atoms with Gasteiger partial charge < -0.3 is 15.4 Å². The number of amides is 1. The summed E-state index contributed by atoms with van der Waals surface area (Å²) in [5.74, 6) is -0.816. The maximum atomic E-state index is 11.5. The van der Waals surface area contributed by atoms with Crippen LogP contribution in [0.15, 0.2) is 0 Å². The van der Waals surface area contributed by atoms with Crippen molar-refractivity contribution in [1.29, 1.82) is 0 Å². The van der Waals surface area contributed by atoms with E-state index in [9.17, 15) is 13.2 Å². The molecule has 2 N–H and O–H groups in total. The van der Waals surface area contributed by atoms with Gasteiger partial charge in [-0.25, -0.2) is 8.42 Å². The fraction of sp³-hybridized carbons (Fsp3) is 0.875. The van der Waals surface area contributed by atoms with Crippen molar-refractivity contribution in [3.05, 3.63) is 0 Å². The number of nitrogens with zero attached hydrogens (tertiary/aromatic N) is 1. The molecule has 1 aliphatic rings. The Labute approximate surface area is 89.3 Å². The Morgan fingerprint density at radius 2 is 2.27 bits per heavy atom. The molecule has 6 nitrogen and oxygen atoms in total. The molecule has 1 unspecified atom stereocenters. The van der Waals surface area contributed by atoms with E-state index in [2.05, 4.69) is 0 Å². The highest BCUT2D eigenvalue weighted by atomic mass is 32.2. The van der Waals surface area contributed by atoms with Gasteiger partial charge in [0.1, 0.15) is 5.75 Å². The van der Waals surface area contributed by atoms with E-state index in [0.717, 1.165) is 6.26 Å². The lowest BCUT2D eigenvalue weighted by atomic mass is 10.3. The highest BCUT2D eigenvalue weighted by molar-refractivity contribution is 7.91. The SMILES string of the molecule is CS(=O)(=O)CC(=O)N1CCOC(CN)C1. The van der Waals surface area contributed by atoms with Gasteiger partial charge in [-0.05, 0) is 0 Å². The summed E-state index contributed by atoms with van der Waals surface area (Å²) in [7, 11) is -3.26. The van der Waals surface area contributed by atoms with Crippen molar-refractivity contribution >= 4 is 15.7 Å². The zero-order valence-electron chi connectivity index (χ0n) is 8.68. The van der Waals surface area contributed by atoms with Gasteiger partial charge in [-0.1, -0.05) is 0 Å². The van der Waals surface area contributed by atoms with Gasteiger partial charge in [-0.2, -0.15) is 0 Å². The molecular weight excluding hydrogens is 220 g/mol. The quantitative estimate of drug-likeness (QED) is 0.625. The molecule has 0 aromatic carbocycles. The van der Waals surface area contributed by atoms with Crippen molar-refractivity contribution in [1.82, 2.24) is 4.90 Å². The van der Waals surface area contributed by atoms with E-state index in [0.29, 0.717) is 26.2 Å². The average Bonchev–Trinajstić information content (AvgIpc) is 2.15. The highest BCUT2D eigenvalue weighted by Crippen LogP contribution is 2.05. The first-order valence-corrected chi connectivity index (χ1v) is 6.75. The molecule has 7 heteroatoms. The normalized spacial score (nSPS) is 22.8. The second-order valence-corrected chi connectivity index (χ2v) is 5.78. The van der Waals surface area contributed by atoms with Crippen LogP contribution >= 0.6 is 0 Å². The molecule has 0 bridgehead atoms. The summed E-state index contributed by atoms with van der Waals surface area (Å²) in [5.41, 5.74) is 5.41. The van der Waals surface area contributed by atoms with E-state index in [4.69, 9.17) is 10.5 Å². The van der Waals surface area contributed by atoms with Crippen LogP contribution in [0.5, 0.6) is 0 Å². The van der Waals surface area contributed by atoms with Crippen LogP contribution in [0.3, 0.4) is 0 Å². The number of carbonyl (C=O) groups is 1. The number of carbonyl (C=O) groups excluding carboxylic acids is 1. The molecule has 0 radical (unpaired) electrons. The van der Waals surface area contributed by atoms with Crippen LogP contribution in [0.1, 0.15) is 0 Å². The van der Waals surface area contributed by atoms with Gasteiger partial charge in [0.25, 0.3) is 0 Å². The molecule has 0 aliphatic carbocycles. The first-order valence-electron chi connectivity index (χ1n) is 4.69. The molecule has 15 heavy (non-hydrogen) atoms. The predicted octanol–water partition coefficient (Wildman–Crippen LogP) is -1.78. The lowest BCUT2D eigenvalue weighted by molar-refractivity contribution is -0.135. The third kappa shape index (κ3) is 4.15. The second kappa shape index (κ2) is 4.91. The summed E-state index contributed by atoms with van der Waals surface area (Å²) in [5, 5.41) is 0. The molecule has 1 heterocycles. The third-order valence-corrected chi connectivity index (χ3v) is 2.91. The molecule has 1 aliphatic heterocycles. The van der Waals surface area contributed by atoms with Crippen LogP contribution in [-0.4, -0.2) is 63.6 Å². The first-order chi connectivity index (χ1) is 6.92. The lowest BCUT2D eigenvalue weighted by Gasteiger charge is -2.32. The Kier molecular flexibility index (Phi) is 4.06. The Bertz CT molecular complexity index is 328.